The molecule has 1 fully saturated rings. The zero-order valence-corrected chi connectivity index (χ0v) is 16.8. The number of amides is 2. The second-order valence-electron chi connectivity index (χ2n) is 7.58. The molecule has 8 heteroatoms. The molecule has 1 saturated carbocycles. The number of benzene rings is 1. The molecule has 0 unspecified atom stereocenters. The molecule has 3 rings (SSSR count). The SMILES string of the molecule is C=CCCCCN(C)C(=O)[C@@H]1C[C@H](n2nnc(-c3ccccc3)n2)C[C@H]1C(N)=O. The smallest absolute Gasteiger partial charge is 0.226 e. The number of hydrogen-bond donors (Lipinski definition) is 1. The molecule has 3 atom stereocenters. The van der Waals surface area contributed by atoms with E-state index in [1.165, 1.54) is 4.80 Å². The summed E-state index contributed by atoms with van der Waals surface area (Å²) in [4.78, 5) is 28.2. The van der Waals surface area contributed by atoms with Gasteiger partial charge in [0.1, 0.15) is 0 Å². The van der Waals surface area contributed by atoms with Gasteiger partial charge in [0.05, 0.1) is 17.9 Å². The first-order valence-corrected chi connectivity index (χ1v) is 10.0. The number of carbonyl (C=O) groups is 2. The van der Waals surface area contributed by atoms with Gasteiger partial charge in [0.2, 0.25) is 17.6 Å². The van der Waals surface area contributed by atoms with Crippen molar-refractivity contribution >= 4 is 11.8 Å². The van der Waals surface area contributed by atoms with Crippen LogP contribution in [-0.2, 0) is 9.59 Å². The van der Waals surface area contributed by atoms with Gasteiger partial charge in [-0.1, -0.05) is 36.4 Å². The quantitative estimate of drug-likeness (QED) is 0.516. The van der Waals surface area contributed by atoms with E-state index < -0.39 is 17.7 Å². The van der Waals surface area contributed by atoms with E-state index in [1.54, 1.807) is 11.9 Å². The number of nitrogens with zero attached hydrogens (tertiary/aromatic N) is 5. The lowest BCUT2D eigenvalue weighted by molar-refractivity contribution is -0.139. The molecule has 0 spiro atoms. The maximum atomic E-state index is 13.0. The van der Waals surface area contributed by atoms with Gasteiger partial charge in [-0.2, -0.15) is 4.80 Å². The maximum Gasteiger partial charge on any atom is 0.226 e. The highest BCUT2D eigenvalue weighted by molar-refractivity contribution is 5.87. The number of allylic oxidation sites excluding steroid dienone is 1. The minimum absolute atomic E-state index is 0.0432. The molecule has 8 nitrogen and oxygen atoms in total. The average molecular weight is 396 g/mol. The highest BCUT2D eigenvalue weighted by Gasteiger charge is 2.44. The van der Waals surface area contributed by atoms with Crippen molar-refractivity contribution in [3.63, 3.8) is 0 Å². The van der Waals surface area contributed by atoms with Crippen molar-refractivity contribution < 1.29 is 9.59 Å². The lowest BCUT2D eigenvalue weighted by atomic mass is 9.94. The Labute approximate surface area is 170 Å². The highest BCUT2D eigenvalue weighted by Crippen LogP contribution is 2.39. The van der Waals surface area contributed by atoms with E-state index in [0.29, 0.717) is 25.2 Å². The summed E-state index contributed by atoms with van der Waals surface area (Å²) in [7, 11) is 1.78. The number of aromatic nitrogens is 4. The number of nitrogens with two attached hydrogens (primary N) is 1. The van der Waals surface area contributed by atoms with Crippen LogP contribution in [0, 0.1) is 11.8 Å². The van der Waals surface area contributed by atoms with Gasteiger partial charge in [-0.15, -0.1) is 16.8 Å². The monoisotopic (exact) mass is 396 g/mol. The number of primary amides is 1. The van der Waals surface area contributed by atoms with Gasteiger partial charge in [-0.05, 0) is 37.3 Å². The van der Waals surface area contributed by atoms with Gasteiger partial charge in [0.15, 0.2) is 0 Å². The molecule has 0 saturated heterocycles. The predicted molar refractivity (Wildman–Crippen MR) is 109 cm³/mol. The van der Waals surface area contributed by atoms with E-state index in [4.69, 9.17) is 5.73 Å². The summed E-state index contributed by atoms with van der Waals surface area (Å²) >= 11 is 0. The Hall–Kier alpha value is -3.03. The third-order valence-corrected chi connectivity index (χ3v) is 5.54. The van der Waals surface area contributed by atoms with Crippen LogP contribution in [0.2, 0.25) is 0 Å². The molecule has 2 aromatic rings. The molecule has 29 heavy (non-hydrogen) atoms. The van der Waals surface area contributed by atoms with Crippen molar-refractivity contribution in [1.29, 1.82) is 0 Å². The van der Waals surface area contributed by atoms with E-state index in [1.807, 2.05) is 36.4 Å². The summed E-state index contributed by atoms with van der Waals surface area (Å²) in [5.41, 5.74) is 6.49. The summed E-state index contributed by atoms with van der Waals surface area (Å²) in [6, 6.07) is 9.39. The highest BCUT2D eigenvalue weighted by atomic mass is 16.2. The van der Waals surface area contributed by atoms with Crippen LogP contribution in [0.4, 0.5) is 0 Å². The van der Waals surface area contributed by atoms with Crippen LogP contribution in [0.5, 0.6) is 0 Å². The fourth-order valence-electron chi connectivity index (χ4n) is 3.90. The minimum atomic E-state index is -0.519. The zero-order valence-electron chi connectivity index (χ0n) is 16.8. The number of hydrogen-bond acceptors (Lipinski definition) is 5. The first-order chi connectivity index (χ1) is 14.0. The lowest BCUT2D eigenvalue weighted by Gasteiger charge is -2.23. The maximum absolute atomic E-state index is 13.0. The minimum Gasteiger partial charge on any atom is -0.369 e. The van der Waals surface area contributed by atoms with Crippen molar-refractivity contribution in [3.8, 4) is 11.4 Å². The molecule has 1 aliphatic rings. The van der Waals surface area contributed by atoms with Gasteiger partial charge in [-0.3, -0.25) is 9.59 Å². The van der Waals surface area contributed by atoms with Crippen molar-refractivity contribution in [2.24, 2.45) is 17.6 Å². The van der Waals surface area contributed by atoms with Gasteiger partial charge < -0.3 is 10.6 Å². The third-order valence-electron chi connectivity index (χ3n) is 5.54. The Morgan fingerprint density at radius 1 is 1.24 bits per heavy atom. The first kappa shape index (κ1) is 20.7. The molecular weight excluding hydrogens is 368 g/mol. The van der Waals surface area contributed by atoms with E-state index >= 15 is 0 Å². The summed E-state index contributed by atoms with van der Waals surface area (Å²) in [6.45, 7) is 4.36. The van der Waals surface area contributed by atoms with E-state index in [-0.39, 0.29) is 11.9 Å². The largest absolute Gasteiger partial charge is 0.369 e. The molecule has 1 aliphatic carbocycles. The van der Waals surface area contributed by atoms with Crippen LogP contribution in [0.25, 0.3) is 11.4 Å². The standard InChI is InChI=1S/C21H28N6O2/c1-3-4-5-9-12-26(2)21(29)18-14-16(13-17(18)19(22)28)27-24-20(23-25-27)15-10-7-6-8-11-15/h3,6-8,10-11,16-18H,1,4-5,9,12-14H2,2H3,(H2,22,28)/t16-,17-,18-/m1/s1. The van der Waals surface area contributed by atoms with E-state index in [0.717, 1.165) is 24.8 Å². The van der Waals surface area contributed by atoms with Crippen LogP contribution < -0.4 is 5.73 Å². The molecule has 0 aliphatic heterocycles. The number of rotatable bonds is 9. The van der Waals surface area contributed by atoms with Crippen LogP contribution in [0.15, 0.2) is 43.0 Å². The van der Waals surface area contributed by atoms with Crippen molar-refractivity contribution in [2.45, 2.75) is 38.1 Å². The Kier molecular flexibility index (Phi) is 6.74. The zero-order chi connectivity index (χ0) is 20.8. The summed E-state index contributed by atoms with van der Waals surface area (Å²) in [6.07, 6.45) is 5.62. The molecule has 0 radical (unpaired) electrons. The van der Waals surface area contributed by atoms with E-state index in [2.05, 4.69) is 22.0 Å². The van der Waals surface area contributed by atoms with Crippen molar-refractivity contribution in [3.05, 3.63) is 43.0 Å². The Morgan fingerprint density at radius 3 is 2.66 bits per heavy atom. The summed E-state index contributed by atoms with van der Waals surface area (Å²) < 4.78 is 0. The lowest BCUT2D eigenvalue weighted by Crippen LogP contribution is -2.39. The molecule has 2 N–H and O–H groups in total. The normalized spacial score (nSPS) is 21.1. The van der Waals surface area contributed by atoms with Gasteiger partial charge >= 0.3 is 0 Å². The second kappa shape index (κ2) is 9.45. The topological polar surface area (TPSA) is 107 Å². The molecule has 1 aromatic carbocycles. The molecule has 2 amide bonds. The molecular formula is C21H28N6O2. The Balaban J connectivity index is 1.69. The number of carbonyl (C=O) groups excluding carboxylic acids is 2. The van der Waals surface area contributed by atoms with Gasteiger partial charge in [0.25, 0.3) is 0 Å². The van der Waals surface area contributed by atoms with E-state index in [9.17, 15) is 9.59 Å². The fraction of sp³-hybridized carbons (Fsp3) is 0.476. The number of tetrazole rings is 1. The summed E-state index contributed by atoms with van der Waals surface area (Å²) in [5.74, 6) is -0.940. The van der Waals surface area contributed by atoms with Crippen LogP contribution in [-0.4, -0.2) is 50.5 Å². The van der Waals surface area contributed by atoms with Gasteiger partial charge in [0, 0.05) is 19.2 Å². The first-order valence-electron chi connectivity index (χ1n) is 10.0. The second-order valence-corrected chi connectivity index (χ2v) is 7.58. The van der Waals surface area contributed by atoms with Crippen molar-refractivity contribution in [1.82, 2.24) is 25.1 Å². The Bertz CT molecular complexity index is 850. The fourth-order valence-corrected chi connectivity index (χ4v) is 3.90. The van der Waals surface area contributed by atoms with Gasteiger partial charge in [-0.25, -0.2) is 0 Å². The Morgan fingerprint density at radius 2 is 1.97 bits per heavy atom. The van der Waals surface area contributed by atoms with Crippen LogP contribution in [0.3, 0.4) is 0 Å². The molecule has 0 bridgehead atoms. The number of unbranched alkanes of at least 4 members (excludes halogenated alkanes) is 2. The van der Waals surface area contributed by atoms with Crippen molar-refractivity contribution in [2.75, 3.05) is 13.6 Å². The van der Waals surface area contributed by atoms with Crippen LogP contribution >= 0.6 is 0 Å². The summed E-state index contributed by atoms with van der Waals surface area (Å²) in [5, 5.41) is 12.8. The average Bonchev–Trinajstić information content (AvgIpc) is 3.38. The third kappa shape index (κ3) is 4.88. The predicted octanol–water partition coefficient (Wildman–Crippen LogP) is 2.21. The molecule has 154 valence electrons. The molecule has 1 aromatic heterocycles. The molecule has 1 heterocycles. The van der Waals surface area contributed by atoms with Crippen LogP contribution in [0.1, 0.15) is 38.1 Å².